The Morgan fingerprint density at radius 1 is 1.21 bits per heavy atom. The number of hydrogen-bond acceptors (Lipinski definition) is 4. The van der Waals surface area contributed by atoms with Gasteiger partial charge in [0, 0.05) is 29.1 Å². The molecule has 0 saturated heterocycles. The molecule has 24 heavy (non-hydrogen) atoms. The van der Waals surface area contributed by atoms with Crippen LogP contribution < -0.4 is 0 Å². The highest BCUT2D eigenvalue weighted by molar-refractivity contribution is 7.98. The van der Waals surface area contributed by atoms with E-state index in [1.54, 1.807) is 24.4 Å². The number of nitrogens with zero attached hydrogens (tertiary/aromatic N) is 4. The number of hydrogen-bond donors (Lipinski definition) is 0. The fraction of sp³-hybridized carbons (Fsp3) is 0.118. The summed E-state index contributed by atoms with van der Waals surface area (Å²) in [6.07, 6.45) is 3.46. The van der Waals surface area contributed by atoms with Gasteiger partial charge in [0.05, 0.1) is 0 Å². The molecule has 1 aromatic carbocycles. The van der Waals surface area contributed by atoms with Crippen LogP contribution in [0.2, 0.25) is 5.02 Å². The number of rotatable bonds is 6. The lowest BCUT2D eigenvalue weighted by atomic mass is 10.2. The van der Waals surface area contributed by atoms with Crippen LogP contribution in [0.25, 0.3) is 11.5 Å². The molecule has 2 aromatic heterocycles. The third kappa shape index (κ3) is 3.49. The molecule has 0 bridgehead atoms. The molecule has 4 nitrogen and oxygen atoms in total. The Morgan fingerprint density at radius 2 is 2.08 bits per heavy atom. The minimum atomic E-state index is -0.324. The Balaban J connectivity index is 1.89. The average molecular weight is 361 g/mol. The second-order valence-electron chi connectivity index (χ2n) is 4.91. The van der Waals surface area contributed by atoms with Crippen LogP contribution in [0.4, 0.5) is 4.39 Å². The first kappa shape index (κ1) is 16.7. The largest absolute Gasteiger partial charge is 0.297 e. The monoisotopic (exact) mass is 360 g/mol. The molecule has 0 amide bonds. The molecule has 0 unspecified atom stereocenters. The van der Waals surface area contributed by atoms with Gasteiger partial charge in [0.15, 0.2) is 11.0 Å². The van der Waals surface area contributed by atoms with Crippen molar-refractivity contribution in [3.63, 3.8) is 0 Å². The van der Waals surface area contributed by atoms with Gasteiger partial charge in [-0.15, -0.1) is 16.8 Å². The number of aromatic nitrogens is 4. The number of thioether (sulfide) groups is 1. The number of halogens is 2. The first-order chi connectivity index (χ1) is 11.7. The fourth-order valence-corrected chi connectivity index (χ4v) is 3.47. The van der Waals surface area contributed by atoms with Gasteiger partial charge in [0.2, 0.25) is 0 Å². The zero-order valence-corrected chi connectivity index (χ0v) is 14.3. The maximum atomic E-state index is 13.9. The Bertz CT molecular complexity index is 831. The van der Waals surface area contributed by atoms with Gasteiger partial charge >= 0.3 is 0 Å². The second-order valence-corrected chi connectivity index (χ2v) is 6.26. The molecule has 3 rings (SSSR count). The van der Waals surface area contributed by atoms with Crippen LogP contribution >= 0.6 is 23.4 Å². The first-order valence-corrected chi connectivity index (χ1v) is 8.58. The first-order valence-electron chi connectivity index (χ1n) is 7.22. The Labute approximate surface area is 148 Å². The smallest absolute Gasteiger partial charge is 0.192 e. The Kier molecular flexibility index (Phi) is 5.27. The minimum Gasteiger partial charge on any atom is -0.297 e. The van der Waals surface area contributed by atoms with Gasteiger partial charge in [0.1, 0.15) is 11.5 Å². The third-order valence-electron chi connectivity index (χ3n) is 3.33. The molecular formula is C17H14ClFN4S. The summed E-state index contributed by atoms with van der Waals surface area (Å²) < 4.78 is 15.8. The van der Waals surface area contributed by atoms with Crippen molar-refractivity contribution in [2.24, 2.45) is 0 Å². The van der Waals surface area contributed by atoms with Crippen molar-refractivity contribution in [1.82, 2.24) is 19.7 Å². The van der Waals surface area contributed by atoms with Gasteiger partial charge in [-0.3, -0.25) is 9.55 Å². The second kappa shape index (κ2) is 7.59. The summed E-state index contributed by atoms with van der Waals surface area (Å²) in [7, 11) is 0. The SMILES string of the molecule is C=CCn1c(SCc2c(F)cccc2Cl)nnc1-c1ccccn1. The molecule has 0 aliphatic carbocycles. The van der Waals surface area contributed by atoms with Gasteiger partial charge < -0.3 is 0 Å². The molecule has 0 aliphatic rings. The van der Waals surface area contributed by atoms with Crippen molar-refractivity contribution in [3.8, 4) is 11.5 Å². The summed E-state index contributed by atoms with van der Waals surface area (Å²) in [5.41, 5.74) is 1.18. The van der Waals surface area contributed by atoms with Gasteiger partial charge in [-0.2, -0.15) is 0 Å². The summed E-state index contributed by atoms with van der Waals surface area (Å²) in [6.45, 7) is 4.30. The molecular weight excluding hydrogens is 347 g/mol. The van der Waals surface area contributed by atoms with Gasteiger partial charge in [-0.05, 0) is 24.3 Å². The van der Waals surface area contributed by atoms with E-state index in [9.17, 15) is 4.39 Å². The molecule has 0 radical (unpaired) electrons. The lowest BCUT2D eigenvalue weighted by Crippen LogP contribution is -2.02. The van der Waals surface area contributed by atoms with Crippen molar-refractivity contribution >= 4 is 23.4 Å². The van der Waals surface area contributed by atoms with Crippen LogP contribution in [0, 0.1) is 5.82 Å². The maximum absolute atomic E-state index is 13.9. The number of pyridine rings is 1. The topological polar surface area (TPSA) is 43.6 Å². The molecule has 0 aliphatic heterocycles. The van der Waals surface area contributed by atoms with E-state index in [1.807, 2.05) is 22.8 Å². The van der Waals surface area contributed by atoms with E-state index in [0.29, 0.717) is 33.9 Å². The lowest BCUT2D eigenvalue weighted by molar-refractivity contribution is 0.617. The highest BCUT2D eigenvalue weighted by atomic mass is 35.5. The van der Waals surface area contributed by atoms with Crippen molar-refractivity contribution in [2.75, 3.05) is 0 Å². The van der Waals surface area contributed by atoms with E-state index in [-0.39, 0.29) is 5.82 Å². The Morgan fingerprint density at radius 3 is 2.79 bits per heavy atom. The van der Waals surface area contributed by atoms with E-state index in [1.165, 1.54) is 17.8 Å². The molecule has 0 fully saturated rings. The van der Waals surface area contributed by atoms with E-state index in [2.05, 4.69) is 21.8 Å². The van der Waals surface area contributed by atoms with Crippen LogP contribution in [0.3, 0.4) is 0 Å². The van der Waals surface area contributed by atoms with Gasteiger partial charge in [0.25, 0.3) is 0 Å². The zero-order valence-electron chi connectivity index (χ0n) is 12.7. The van der Waals surface area contributed by atoms with Crippen LogP contribution in [-0.4, -0.2) is 19.7 Å². The molecule has 0 saturated carbocycles. The van der Waals surface area contributed by atoms with Crippen LogP contribution in [-0.2, 0) is 12.3 Å². The van der Waals surface area contributed by atoms with Crippen LogP contribution in [0.5, 0.6) is 0 Å². The number of benzene rings is 1. The average Bonchev–Trinajstić information content (AvgIpc) is 2.98. The molecule has 122 valence electrons. The minimum absolute atomic E-state index is 0.324. The highest BCUT2D eigenvalue weighted by Crippen LogP contribution is 2.29. The van der Waals surface area contributed by atoms with Gasteiger partial charge in [-0.1, -0.05) is 41.6 Å². The van der Waals surface area contributed by atoms with Crippen molar-refractivity contribution < 1.29 is 4.39 Å². The molecule has 2 heterocycles. The van der Waals surface area contributed by atoms with E-state index >= 15 is 0 Å². The van der Waals surface area contributed by atoms with Crippen molar-refractivity contribution in [1.29, 1.82) is 0 Å². The van der Waals surface area contributed by atoms with E-state index in [4.69, 9.17) is 11.6 Å². The lowest BCUT2D eigenvalue weighted by Gasteiger charge is -2.08. The normalized spacial score (nSPS) is 10.8. The molecule has 3 aromatic rings. The number of allylic oxidation sites excluding steroid dienone is 1. The summed E-state index contributed by atoms with van der Waals surface area (Å²) in [5, 5.41) is 9.49. The summed E-state index contributed by atoms with van der Waals surface area (Å²) in [5.74, 6) is 0.690. The maximum Gasteiger partial charge on any atom is 0.192 e. The molecule has 0 atom stereocenters. The zero-order chi connectivity index (χ0) is 16.9. The third-order valence-corrected chi connectivity index (χ3v) is 4.68. The van der Waals surface area contributed by atoms with E-state index in [0.717, 1.165) is 5.69 Å². The summed E-state index contributed by atoms with van der Waals surface area (Å²) >= 11 is 7.45. The van der Waals surface area contributed by atoms with Crippen molar-refractivity contribution in [2.45, 2.75) is 17.5 Å². The highest BCUT2D eigenvalue weighted by Gasteiger charge is 2.16. The summed E-state index contributed by atoms with van der Waals surface area (Å²) in [6, 6.07) is 10.3. The molecule has 0 spiro atoms. The fourth-order valence-electron chi connectivity index (χ4n) is 2.18. The summed E-state index contributed by atoms with van der Waals surface area (Å²) in [4.78, 5) is 4.30. The van der Waals surface area contributed by atoms with Crippen LogP contribution in [0.1, 0.15) is 5.56 Å². The van der Waals surface area contributed by atoms with Crippen LogP contribution in [0.15, 0.2) is 60.4 Å². The predicted molar refractivity (Wildman–Crippen MR) is 94.4 cm³/mol. The van der Waals surface area contributed by atoms with Crippen molar-refractivity contribution in [3.05, 3.63) is 71.7 Å². The molecule has 7 heteroatoms. The van der Waals surface area contributed by atoms with Gasteiger partial charge in [-0.25, -0.2) is 4.39 Å². The quantitative estimate of drug-likeness (QED) is 0.475. The standard InChI is InChI=1S/C17H14ClFN4S/c1-2-10-23-16(15-8-3-4-9-20-15)21-22-17(23)24-11-12-13(18)6-5-7-14(12)19/h2-9H,1,10-11H2. The molecule has 0 N–H and O–H groups in total. The Hall–Kier alpha value is -2.18. The van der Waals surface area contributed by atoms with E-state index < -0.39 is 0 Å². The predicted octanol–water partition coefficient (Wildman–Crippen LogP) is 4.61.